The first-order chi connectivity index (χ1) is 13.1. The van der Waals surface area contributed by atoms with Crippen molar-refractivity contribution in [2.24, 2.45) is 5.10 Å². The van der Waals surface area contributed by atoms with Crippen LogP contribution in [0.5, 0.6) is 11.5 Å². The van der Waals surface area contributed by atoms with Gasteiger partial charge in [-0.3, -0.25) is 9.89 Å². The van der Waals surface area contributed by atoms with Crippen molar-refractivity contribution in [1.29, 1.82) is 0 Å². The second-order valence-electron chi connectivity index (χ2n) is 5.49. The first-order valence-electron chi connectivity index (χ1n) is 7.97. The molecule has 3 aromatic rings. The van der Waals surface area contributed by atoms with Crippen LogP contribution in [0.15, 0.2) is 58.1 Å². The summed E-state index contributed by atoms with van der Waals surface area (Å²) in [6.07, 6.45) is 1.57. The minimum absolute atomic E-state index is 0.299. The topological polar surface area (TPSA) is 88.6 Å². The molecule has 3 rings (SSSR count). The van der Waals surface area contributed by atoms with E-state index in [0.29, 0.717) is 22.9 Å². The fraction of sp³-hybridized carbons (Fsp3) is 0.105. The summed E-state index contributed by atoms with van der Waals surface area (Å²) in [5.41, 5.74) is 5.04. The van der Waals surface area contributed by atoms with Gasteiger partial charge in [0.15, 0.2) is 11.5 Å². The van der Waals surface area contributed by atoms with Crippen LogP contribution < -0.4 is 14.9 Å². The molecule has 0 radical (unpaired) electrons. The average molecular weight is 429 g/mol. The molecule has 2 aromatic carbocycles. The zero-order valence-electron chi connectivity index (χ0n) is 14.7. The summed E-state index contributed by atoms with van der Waals surface area (Å²) in [5, 5.41) is 10.8. The van der Waals surface area contributed by atoms with Gasteiger partial charge in [-0.25, -0.2) is 5.43 Å². The summed E-state index contributed by atoms with van der Waals surface area (Å²) in [6.45, 7) is 0. The number of methoxy groups -OCH3 is 2. The molecule has 27 heavy (non-hydrogen) atoms. The van der Waals surface area contributed by atoms with Crippen molar-refractivity contribution in [1.82, 2.24) is 15.6 Å². The lowest BCUT2D eigenvalue weighted by Crippen LogP contribution is -2.17. The Hall–Kier alpha value is -3.13. The summed E-state index contributed by atoms with van der Waals surface area (Å²) in [6, 6.07) is 14.6. The summed E-state index contributed by atoms with van der Waals surface area (Å²) in [5.74, 6) is 0.822. The molecular formula is C19H17BrN4O3. The molecule has 0 fully saturated rings. The minimum atomic E-state index is -0.386. The standard InChI is InChI=1S/C19H17BrN4O3/c1-26-17-8-5-13(9-18(17)27-2)15-10-16(23-22-15)19(25)24-21-11-12-3-6-14(20)7-4-12/h3-11H,1-2H3,(H,22,23)(H,24,25)/b21-11+. The predicted molar refractivity (Wildman–Crippen MR) is 106 cm³/mol. The molecule has 7 nitrogen and oxygen atoms in total. The first kappa shape index (κ1) is 18.7. The van der Waals surface area contributed by atoms with Crippen molar-refractivity contribution in [2.75, 3.05) is 14.2 Å². The monoisotopic (exact) mass is 428 g/mol. The molecule has 0 aliphatic heterocycles. The van der Waals surface area contributed by atoms with Gasteiger partial charge in [-0.2, -0.15) is 10.2 Å². The van der Waals surface area contributed by atoms with Crippen molar-refractivity contribution in [3.05, 3.63) is 64.3 Å². The molecule has 1 amide bonds. The third-order valence-electron chi connectivity index (χ3n) is 3.75. The van der Waals surface area contributed by atoms with E-state index < -0.39 is 0 Å². The Morgan fingerprint density at radius 1 is 1.11 bits per heavy atom. The van der Waals surface area contributed by atoms with Crippen molar-refractivity contribution in [3.8, 4) is 22.8 Å². The molecule has 0 aliphatic carbocycles. The third kappa shape index (κ3) is 4.53. The number of aromatic amines is 1. The first-order valence-corrected chi connectivity index (χ1v) is 8.77. The summed E-state index contributed by atoms with van der Waals surface area (Å²) in [7, 11) is 3.14. The van der Waals surface area contributed by atoms with Gasteiger partial charge in [0, 0.05) is 10.0 Å². The van der Waals surface area contributed by atoms with Crippen molar-refractivity contribution >= 4 is 28.1 Å². The lowest BCUT2D eigenvalue weighted by molar-refractivity contribution is 0.0950. The molecule has 0 atom stereocenters. The number of nitrogens with zero attached hydrogens (tertiary/aromatic N) is 2. The predicted octanol–water partition coefficient (Wildman–Crippen LogP) is 3.62. The van der Waals surface area contributed by atoms with E-state index in [1.54, 1.807) is 38.6 Å². The van der Waals surface area contributed by atoms with E-state index in [2.05, 4.69) is 36.7 Å². The molecule has 2 N–H and O–H groups in total. The Bertz CT molecular complexity index is 967. The fourth-order valence-corrected chi connectivity index (χ4v) is 2.62. The number of hydrazone groups is 1. The van der Waals surface area contributed by atoms with Crippen molar-refractivity contribution < 1.29 is 14.3 Å². The quantitative estimate of drug-likeness (QED) is 0.463. The molecule has 0 spiro atoms. The fourth-order valence-electron chi connectivity index (χ4n) is 2.36. The molecule has 0 unspecified atom stereocenters. The number of benzene rings is 2. The Morgan fingerprint density at radius 3 is 2.56 bits per heavy atom. The molecule has 8 heteroatoms. The van der Waals surface area contributed by atoms with Crippen molar-refractivity contribution in [2.45, 2.75) is 0 Å². The summed E-state index contributed by atoms with van der Waals surface area (Å²) >= 11 is 3.37. The Morgan fingerprint density at radius 2 is 1.85 bits per heavy atom. The number of rotatable bonds is 6. The average Bonchev–Trinajstić information content (AvgIpc) is 3.19. The molecule has 1 heterocycles. The van der Waals surface area contributed by atoms with Crippen molar-refractivity contribution in [3.63, 3.8) is 0 Å². The van der Waals surface area contributed by atoms with Gasteiger partial charge in [-0.05, 0) is 42.0 Å². The maximum Gasteiger partial charge on any atom is 0.289 e. The minimum Gasteiger partial charge on any atom is -0.493 e. The summed E-state index contributed by atoms with van der Waals surface area (Å²) in [4.78, 5) is 12.2. The number of carbonyl (C=O) groups is 1. The van der Waals surface area contributed by atoms with Crippen LogP contribution in [0.25, 0.3) is 11.3 Å². The Balaban J connectivity index is 1.69. The van der Waals surface area contributed by atoms with Gasteiger partial charge >= 0.3 is 0 Å². The number of ether oxygens (including phenoxy) is 2. The highest BCUT2D eigenvalue weighted by Crippen LogP contribution is 2.31. The molecule has 1 aromatic heterocycles. The molecule has 0 saturated carbocycles. The van der Waals surface area contributed by atoms with Crippen LogP contribution in [0.4, 0.5) is 0 Å². The number of carbonyl (C=O) groups excluding carboxylic acids is 1. The number of hydrogen-bond acceptors (Lipinski definition) is 5. The van der Waals surface area contributed by atoms with E-state index in [4.69, 9.17) is 9.47 Å². The summed E-state index contributed by atoms with van der Waals surface area (Å²) < 4.78 is 11.5. The number of nitrogens with one attached hydrogen (secondary N) is 2. The zero-order chi connectivity index (χ0) is 19.2. The van der Waals surface area contributed by atoms with Crippen LogP contribution in [-0.2, 0) is 0 Å². The number of hydrogen-bond donors (Lipinski definition) is 2. The van der Waals surface area contributed by atoms with Crippen LogP contribution in [0, 0.1) is 0 Å². The van der Waals surface area contributed by atoms with Crippen LogP contribution >= 0.6 is 15.9 Å². The molecule has 0 aliphatic rings. The van der Waals surface area contributed by atoms with Gasteiger partial charge in [-0.15, -0.1) is 0 Å². The number of amides is 1. The Kier molecular flexibility index (Phi) is 5.87. The SMILES string of the molecule is COc1ccc(-c2cc(C(=O)N/N=C/c3ccc(Br)cc3)[nH]n2)cc1OC. The van der Waals surface area contributed by atoms with Gasteiger partial charge in [-0.1, -0.05) is 28.1 Å². The van der Waals surface area contributed by atoms with Crippen LogP contribution in [0.2, 0.25) is 0 Å². The second kappa shape index (κ2) is 8.50. The van der Waals surface area contributed by atoms with E-state index in [-0.39, 0.29) is 5.91 Å². The van der Waals surface area contributed by atoms with Crippen LogP contribution in [-0.4, -0.2) is 36.5 Å². The van der Waals surface area contributed by atoms with Crippen LogP contribution in [0.1, 0.15) is 16.1 Å². The number of halogens is 1. The lowest BCUT2D eigenvalue weighted by Gasteiger charge is -2.08. The van der Waals surface area contributed by atoms with Gasteiger partial charge in [0.05, 0.1) is 26.1 Å². The van der Waals surface area contributed by atoms with Gasteiger partial charge in [0.25, 0.3) is 5.91 Å². The normalized spacial score (nSPS) is 10.8. The zero-order valence-corrected chi connectivity index (χ0v) is 16.3. The van der Waals surface area contributed by atoms with E-state index >= 15 is 0 Å². The largest absolute Gasteiger partial charge is 0.493 e. The Labute approximate surface area is 164 Å². The molecule has 0 saturated heterocycles. The molecule has 138 valence electrons. The van der Waals surface area contributed by atoms with Gasteiger partial charge < -0.3 is 9.47 Å². The van der Waals surface area contributed by atoms with E-state index in [9.17, 15) is 4.79 Å². The highest BCUT2D eigenvalue weighted by molar-refractivity contribution is 9.10. The highest BCUT2D eigenvalue weighted by atomic mass is 79.9. The molecule has 0 bridgehead atoms. The van der Waals surface area contributed by atoms with Gasteiger partial charge in [0.1, 0.15) is 5.69 Å². The second-order valence-corrected chi connectivity index (χ2v) is 6.40. The van der Waals surface area contributed by atoms with E-state index in [1.807, 2.05) is 30.3 Å². The highest BCUT2D eigenvalue weighted by Gasteiger charge is 2.12. The lowest BCUT2D eigenvalue weighted by atomic mass is 10.1. The maximum absolute atomic E-state index is 12.2. The van der Waals surface area contributed by atoms with E-state index in [1.165, 1.54) is 0 Å². The molecular weight excluding hydrogens is 412 g/mol. The number of aromatic nitrogens is 2. The van der Waals surface area contributed by atoms with Crippen LogP contribution in [0.3, 0.4) is 0 Å². The maximum atomic E-state index is 12.2. The van der Waals surface area contributed by atoms with Gasteiger partial charge in [0.2, 0.25) is 0 Å². The van der Waals surface area contributed by atoms with E-state index in [0.717, 1.165) is 15.6 Å². The third-order valence-corrected chi connectivity index (χ3v) is 4.28. The smallest absolute Gasteiger partial charge is 0.289 e. The number of H-pyrrole nitrogens is 1.